The largest absolute Gasteiger partial charge is 0.134 e. The second-order valence-corrected chi connectivity index (χ2v) is 8.61. The minimum Gasteiger partial charge on any atom is -0.134 e. The van der Waals surface area contributed by atoms with Crippen molar-refractivity contribution in [1.29, 1.82) is 0 Å². The van der Waals surface area contributed by atoms with E-state index in [1.807, 2.05) is 22.7 Å². The normalized spacial score (nSPS) is 11.9. The predicted octanol–water partition coefficient (Wildman–Crippen LogP) is 7.70. The summed E-state index contributed by atoms with van der Waals surface area (Å²) in [5.41, 5.74) is 2.85. The molecule has 0 fully saturated rings. The first kappa shape index (κ1) is 15.2. The monoisotopic (exact) mass is 338 g/mol. The molecule has 4 rings (SSSR count). The lowest BCUT2D eigenvalue weighted by Crippen LogP contribution is -1.85. The summed E-state index contributed by atoms with van der Waals surface area (Å²) in [6.45, 7) is 4.45. The minimum absolute atomic E-state index is 1.22. The molecule has 2 aromatic carbocycles. The second kappa shape index (κ2) is 6.26. The summed E-state index contributed by atoms with van der Waals surface area (Å²) in [6.07, 6.45) is 6.58. The third-order valence-corrected chi connectivity index (χ3v) is 7.12. The topological polar surface area (TPSA) is 0 Å². The van der Waals surface area contributed by atoms with Crippen LogP contribution in [0.5, 0.6) is 0 Å². The number of hydrogen-bond acceptors (Lipinski definition) is 2. The van der Waals surface area contributed by atoms with E-state index in [9.17, 15) is 0 Å². The summed E-state index contributed by atoms with van der Waals surface area (Å²) in [4.78, 5) is 0. The van der Waals surface area contributed by atoms with E-state index in [0.717, 1.165) is 0 Å². The summed E-state index contributed by atoms with van der Waals surface area (Å²) in [5, 5.41) is 2.88. The number of benzene rings is 2. The van der Waals surface area contributed by atoms with E-state index in [2.05, 4.69) is 50.2 Å². The van der Waals surface area contributed by atoms with Gasteiger partial charge in [-0.3, -0.25) is 0 Å². The van der Waals surface area contributed by atoms with Gasteiger partial charge in [-0.15, -0.1) is 22.7 Å². The van der Waals surface area contributed by atoms with Crippen molar-refractivity contribution in [2.75, 3.05) is 0 Å². The molecule has 0 saturated heterocycles. The van der Waals surface area contributed by atoms with Crippen molar-refractivity contribution in [2.45, 2.75) is 46.0 Å². The van der Waals surface area contributed by atoms with Gasteiger partial charge in [0.15, 0.2) is 0 Å². The third kappa shape index (κ3) is 2.79. The third-order valence-electron chi connectivity index (χ3n) is 4.62. The Labute approximate surface area is 145 Å². The molecule has 0 atom stereocenters. The molecule has 118 valence electrons. The van der Waals surface area contributed by atoms with Crippen LogP contribution < -0.4 is 0 Å². The molecule has 0 bridgehead atoms. The van der Waals surface area contributed by atoms with Crippen LogP contribution in [0.1, 0.15) is 43.7 Å². The van der Waals surface area contributed by atoms with Gasteiger partial charge in [-0.1, -0.05) is 50.5 Å². The highest BCUT2D eigenvalue weighted by molar-refractivity contribution is 7.36. The lowest BCUT2D eigenvalue weighted by Gasteiger charge is -2.01. The highest BCUT2D eigenvalue weighted by Gasteiger charge is 2.12. The zero-order chi connectivity index (χ0) is 15.8. The molecule has 2 heteroatoms. The van der Waals surface area contributed by atoms with Gasteiger partial charge >= 0.3 is 0 Å². The molecule has 0 amide bonds. The van der Waals surface area contributed by atoms with Gasteiger partial charge in [0.05, 0.1) is 9.40 Å². The Morgan fingerprint density at radius 3 is 2.22 bits per heavy atom. The van der Waals surface area contributed by atoms with Gasteiger partial charge in [-0.2, -0.15) is 0 Å². The van der Waals surface area contributed by atoms with E-state index in [-0.39, 0.29) is 0 Å². The van der Waals surface area contributed by atoms with Gasteiger partial charge in [0.2, 0.25) is 0 Å². The second-order valence-electron chi connectivity index (χ2n) is 6.50. The number of fused-ring (bicyclic) bond motifs is 5. The molecular weight excluding hydrogens is 316 g/mol. The van der Waals surface area contributed by atoms with Crippen molar-refractivity contribution in [3.8, 4) is 0 Å². The Balaban J connectivity index is 1.73. The van der Waals surface area contributed by atoms with Crippen molar-refractivity contribution >= 4 is 52.2 Å². The van der Waals surface area contributed by atoms with E-state index in [1.165, 1.54) is 72.8 Å². The Bertz CT molecular complexity index is 972. The zero-order valence-electron chi connectivity index (χ0n) is 13.8. The van der Waals surface area contributed by atoms with Gasteiger partial charge in [0.1, 0.15) is 0 Å². The van der Waals surface area contributed by atoms with Gasteiger partial charge in [0, 0.05) is 20.2 Å². The standard InChI is InChI=1S/C21H22S2/c1-3-4-5-6-7-15-9-11-17-19(13-15)23-20-16-10-8-14(2)12-18(16)22-21(17)20/h8-13H,3-7H2,1-2H3. The SMILES string of the molecule is CCCCCCc1ccc2c(c1)sc1c3ccc(C)cc3sc21. The quantitative estimate of drug-likeness (QED) is 0.327. The summed E-state index contributed by atoms with van der Waals surface area (Å²) in [6, 6.07) is 14.0. The molecule has 0 aliphatic rings. The predicted molar refractivity (Wildman–Crippen MR) is 107 cm³/mol. The molecule has 2 heterocycles. The van der Waals surface area contributed by atoms with Crippen LogP contribution in [0.15, 0.2) is 36.4 Å². The summed E-state index contributed by atoms with van der Waals surface area (Å²) >= 11 is 3.92. The summed E-state index contributed by atoms with van der Waals surface area (Å²) in [7, 11) is 0. The van der Waals surface area contributed by atoms with Crippen LogP contribution in [0.25, 0.3) is 29.6 Å². The Morgan fingerprint density at radius 2 is 1.48 bits per heavy atom. The summed E-state index contributed by atoms with van der Waals surface area (Å²) in [5.74, 6) is 0. The molecular formula is C21H22S2. The number of aryl methyl sites for hydroxylation is 2. The average Bonchev–Trinajstić information content (AvgIpc) is 3.06. The lowest BCUT2D eigenvalue weighted by molar-refractivity contribution is 0.667. The molecule has 23 heavy (non-hydrogen) atoms. The van der Waals surface area contributed by atoms with Crippen LogP contribution in [-0.2, 0) is 6.42 Å². The van der Waals surface area contributed by atoms with Crippen LogP contribution in [0.2, 0.25) is 0 Å². The lowest BCUT2D eigenvalue weighted by atomic mass is 10.1. The van der Waals surface area contributed by atoms with Gasteiger partial charge in [-0.05, 0) is 43.0 Å². The van der Waals surface area contributed by atoms with Crippen LogP contribution in [0.3, 0.4) is 0 Å². The van der Waals surface area contributed by atoms with Gasteiger partial charge in [0.25, 0.3) is 0 Å². The van der Waals surface area contributed by atoms with E-state index < -0.39 is 0 Å². The van der Waals surface area contributed by atoms with Crippen molar-refractivity contribution in [3.63, 3.8) is 0 Å². The fourth-order valence-electron chi connectivity index (χ4n) is 3.32. The first-order chi connectivity index (χ1) is 11.3. The fourth-order valence-corrected chi connectivity index (χ4v) is 6.13. The van der Waals surface area contributed by atoms with Crippen LogP contribution in [-0.4, -0.2) is 0 Å². The minimum atomic E-state index is 1.22. The highest BCUT2D eigenvalue weighted by Crippen LogP contribution is 2.44. The molecule has 0 aliphatic carbocycles. The molecule has 0 radical (unpaired) electrons. The van der Waals surface area contributed by atoms with Gasteiger partial charge in [-0.25, -0.2) is 0 Å². The number of rotatable bonds is 5. The van der Waals surface area contributed by atoms with Crippen LogP contribution >= 0.6 is 22.7 Å². The fraction of sp³-hybridized carbons (Fsp3) is 0.333. The molecule has 2 aromatic heterocycles. The first-order valence-electron chi connectivity index (χ1n) is 8.60. The zero-order valence-corrected chi connectivity index (χ0v) is 15.4. The van der Waals surface area contributed by atoms with E-state index >= 15 is 0 Å². The van der Waals surface area contributed by atoms with E-state index in [1.54, 1.807) is 0 Å². The van der Waals surface area contributed by atoms with Gasteiger partial charge < -0.3 is 0 Å². The maximum atomic E-state index is 2.43. The van der Waals surface area contributed by atoms with Crippen molar-refractivity contribution in [1.82, 2.24) is 0 Å². The Kier molecular flexibility index (Phi) is 4.13. The average molecular weight is 339 g/mol. The maximum Gasteiger partial charge on any atom is 0.0542 e. The van der Waals surface area contributed by atoms with Crippen LogP contribution in [0.4, 0.5) is 0 Å². The molecule has 0 aliphatic heterocycles. The maximum absolute atomic E-state index is 2.43. The van der Waals surface area contributed by atoms with Crippen molar-refractivity contribution in [2.24, 2.45) is 0 Å². The molecule has 4 aromatic rings. The summed E-state index contributed by atoms with van der Waals surface area (Å²) < 4.78 is 5.84. The Morgan fingerprint density at radius 1 is 0.783 bits per heavy atom. The highest BCUT2D eigenvalue weighted by atomic mass is 32.1. The van der Waals surface area contributed by atoms with Crippen LogP contribution in [0, 0.1) is 6.92 Å². The number of unbranched alkanes of at least 4 members (excludes halogenated alkanes) is 3. The molecule has 0 spiro atoms. The van der Waals surface area contributed by atoms with Crippen molar-refractivity contribution in [3.05, 3.63) is 47.5 Å². The molecule has 0 saturated carbocycles. The molecule has 0 unspecified atom stereocenters. The van der Waals surface area contributed by atoms with Crippen molar-refractivity contribution < 1.29 is 0 Å². The number of hydrogen-bond donors (Lipinski definition) is 0. The number of thiophene rings is 2. The van der Waals surface area contributed by atoms with E-state index in [0.29, 0.717) is 0 Å². The molecule has 0 N–H and O–H groups in total. The van der Waals surface area contributed by atoms with E-state index in [4.69, 9.17) is 0 Å². The molecule has 0 nitrogen and oxygen atoms in total. The Hall–Kier alpha value is -1.38. The first-order valence-corrected chi connectivity index (χ1v) is 10.2. The smallest absolute Gasteiger partial charge is 0.0542 e.